The van der Waals surface area contributed by atoms with Crippen LogP contribution in [-0.2, 0) is 4.79 Å². The lowest BCUT2D eigenvalue weighted by molar-refractivity contribution is -0.137. The van der Waals surface area contributed by atoms with Gasteiger partial charge in [0.1, 0.15) is 0 Å². The Balaban J connectivity index is 2.31. The van der Waals surface area contributed by atoms with Crippen LogP contribution in [0.2, 0.25) is 0 Å². The molecule has 0 radical (unpaired) electrons. The summed E-state index contributed by atoms with van der Waals surface area (Å²) >= 11 is 1.63. The van der Waals surface area contributed by atoms with Crippen LogP contribution in [0.3, 0.4) is 0 Å². The Bertz CT molecular complexity index is 418. The normalized spacial score (nSPS) is 12.2. The number of nitrogens with one attached hydrogen (secondary N) is 2. The third-order valence-electron chi connectivity index (χ3n) is 2.91. The average molecular weight is 298 g/mol. The molecule has 1 aromatic heterocycles. The van der Waals surface area contributed by atoms with Gasteiger partial charge < -0.3 is 15.7 Å². The highest BCUT2D eigenvalue weighted by Gasteiger charge is 2.18. The lowest BCUT2D eigenvalue weighted by Crippen LogP contribution is -2.39. The first kappa shape index (κ1) is 16.5. The molecule has 6 heteroatoms. The zero-order valence-corrected chi connectivity index (χ0v) is 12.7. The van der Waals surface area contributed by atoms with E-state index in [0.717, 1.165) is 4.88 Å². The number of rotatable bonds is 8. The number of carboxylic acids is 1. The van der Waals surface area contributed by atoms with Crippen molar-refractivity contribution in [3.8, 4) is 0 Å². The lowest BCUT2D eigenvalue weighted by atomic mass is 10.0. The van der Waals surface area contributed by atoms with Crippen LogP contribution in [0.25, 0.3) is 0 Å². The van der Waals surface area contributed by atoms with E-state index in [4.69, 9.17) is 5.11 Å². The number of hydrogen-bond donors (Lipinski definition) is 3. The van der Waals surface area contributed by atoms with Gasteiger partial charge in [0.05, 0.1) is 6.04 Å². The zero-order valence-electron chi connectivity index (χ0n) is 11.9. The molecular formula is C14H22N2O3S. The Morgan fingerprint density at radius 3 is 2.65 bits per heavy atom. The van der Waals surface area contributed by atoms with E-state index in [1.165, 1.54) is 0 Å². The molecule has 0 saturated carbocycles. The molecule has 0 aliphatic carbocycles. The van der Waals surface area contributed by atoms with Gasteiger partial charge >= 0.3 is 12.0 Å². The zero-order chi connectivity index (χ0) is 15.0. The molecule has 0 fully saturated rings. The largest absolute Gasteiger partial charge is 0.481 e. The highest BCUT2D eigenvalue weighted by molar-refractivity contribution is 7.10. The number of unbranched alkanes of at least 4 members (excludes halogenated alkanes) is 1. The van der Waals surface area contributed by atoms with Gasteiger partial charge in [-0.15, -0.1) is 11.3 Å². The molecule has 0 saturated heterocycles. The van der Waals surface area contributed by atoms with Gasteiger partial charge in [0.15, 0.2) is 0 Å². The summed E-state index contributed by atoms with van der Waals surface area (Å²) < 4.78 is 0. The first-order valence-corrected chi connectivity index (χ1v) is 7.68. The second kappa shape index (κ2) is 8.58. The monoisotopic (exact) mass is 298 g/mol. The lowest BCUT2D eigenvalue weighted by Gasteiger charge is -2.21. The third-order valence-corrected chi connectivity index (χ3v) is 3.86. The maximum absolute atomic E-state index is 11.8. The van der Waals surface area contributed by atoms with Crippen molar-refractivity contribution in [2.75, 3.05) is 6.54 Å². The topological polar surface area (TPSA) is 78.4 Å². The molecule has 2 amide bonds. The standard InChI is InChI=1S/C14H22N2O3S/c1-10(2)13(11-6-5-9-20-11)16-14(19)15-8-4-3-7-12(17)18/h5-6,9-10,13H,3-4,7-8H2,1-2H3,(H,17,18)(H2,15,16,19). The van der Waals surface area contributed by atoms with E-state index < -0.39 is 5.97 Å². The molecule has 0 aromatic carbocycles. The summed E-state index contributed by atoms with van der Waals surface area (Å²) in [5.41, 5.74) is 0. The summed E-state index contributed by atoms with van der Waals surface area (Å²) in [5, 5.41) is 16.2. The molecule has 1 atom stereocenters. The van der Waals surface area contributed by atoms with Crippen molar-refractivity contribution in [1.82, 2.24) is 10.6 Å². The predicted molar refractivity (Wildman–Crippen MR) is 79.9 cm³/mol. The molecule has 3 N–H and O–H groups in total. The molecule has 0 aliphatic rings. The molecule has 5 nitrogen and oxygen atoms in total. The van der Waals surface area contributed by atoms with Crippen molar-refractivity contribution < 1.29 is 14.7 Å². The highest BCUT2D eigenvalue weighted by atomic mass is 32.1. The van der Waals surface area contributed by atoms with Gasteiger partial charge in [-0.1, -0.05) is 19.9 Å². The van der Waals surface area contributed by atoms with E-state index in [-0.39, 0.29) is 18.5 Å². The van der Waals surface area contributed by atoms with Crippen LogP contribution in [0.1, 0.15) is 44.0 Å². The summed E-state index contributed by atoms with van der Waals surface area (Å²) in [4.78, 5) is 23.3. The molecule has 0 spiro atoms. The first-order chi connectivity index (χ1) is 9.50. The molecule has 112 valence electrons. The Kier molecular flexibility index (Phi) is 7.08. The molecule has 0 bridgehead atoms. The molecule has 1 heterocycles. The fraction of sp³-hybridized carbons (Fsp3) is 0.571. The second-order valence-corrected chi connectivity index (χ2v) is 5.97. The predicted octanol–water partition coefficient (Wildman–Crippen LogP) is 3.00. The number of carboxylic acid groups (broad SMARTS) is 1. The van der Waals surface area contributed by atoms with Gasteiger partial charge in [0, 0.05) is 17.8 Å². The van der Waals surface area contributed by atoms with Crippen LogP contribution in [0.4, 0.5) is 4.79 Å². The van der Waals surface area contributed by atoms with Crippen LogP contribution >= 0.6 is 11.3 Å². The van der Waals surface area contributed by atoms with E-state index in [9.17, 15) is 9.59 Å². The maximum Gasteiger partial charge on any atom is 0.315 e. The van der Waals surface area contributed by atoms with Crippen molar-refractivity contribution in [3.05, 3.63) is 22.4 Å². The molecular weight excluding hydrogens is 276 g/mol. The van der Waals surface area contributed by atoms with Crippen LogP contribution < -0.4 is 10.6 Å². The summed E-state index contributed by atoms with van der Waals surface area (Å²) in [6, 6.07) is 3.80. The van der Waals surface area contributed by atoms with Gasteiger partial charge in [-0.3, -0.25) is 4.79 Å². The fourth-order valence-corrected chi connectivity index (χ4v) is 2.78. The van der Waals surface area contributed by atoms with Crippen LogP contribution in [0, 0.1) is 5.92 Å². The van der Waals surface area contributed by atoms with Gasteiger partial charge in [0.2, 0.25) is 0 Å². The second-order valence-electron chi connectivity index (χ2n) is 4.99. The molecule has 1 rings (SSSR count). The number of amides is 2. The quantitative estimate of drug-likeness (QED) is 0.646. The van der Waals surface area contributed by atoms with E-state index in [2.05, 4.69) is 24.5 Å². The Morgan fingerprint density at radius 1 is 1.35 bits per heavy atom. The summed E-state index contributed by atoms with van der Waals surface area (Å²) in [6.45, 7) is 4.63. The molecule has 1 unspecified atom stereocenters. The van der Waals surface area contributed by atoms with E-state index >= 15 is 0 Å². The Morgan fingerprint density at radius 2 is 2.10 bits per heavy atom. The van der Waals surface area contributed by atoms with Gasteiger partial charge in [0.25, 0.3) is 0 Å². The molecule has 0 aliphatic heterocycles. The van der Waals surface area contributed by atoms with E-state index in [1.54, 1.807) is 11.3 Å². The SMILES string of the molecule is CC(C)C(NC(=O)NCCCCC(=O)O)c1cccs1. The summed E-state index contributed by atoms with van der Waals surface area (Å²) in [7, 11) is 0. The average Bonchev–Trinajstić information content (AvgIpc) is 2.88. The number of hydrogen-bond acceptors (Lipinski definition) is 3. The van der Waals surface area contributed by atoms with Crippen molar-refractivity contribution in [2.24, 2.45) is 5.92 Å². The fourth-order valence-electron chi connectivity index (χ4n) is 1.83. The van der Waals surface area contributed by atoms with Crippen molar-refractivity contribution in [3.63, 3.8) is 0 Å². The highest BCUT2D eigenvalue weighted by Crippen LogP contribution is 2.25. The van der Waals surface area contributed by atoms with Gasteiger partial charge in [-0.2, -0.15) is 0 Å². The van der Waals surface area contributed by atoms with E-state index in [0.29, 0.717) is 25.3 Å². The van der Waals surface area contributed by atoms with Gasteiger partial charge in [-0.25, -0.2) is 4.79 Å². The van der Waals surface area contributed by atoms with Crippen molar-refractivity contribution >= 4 is 23.3 Å². The Labute approximate surface area is 123 Å². The third kappa shape index (κ3) is 6.06. The minimum Gasteiger partial charge on any atom is -0.481 e. The minimum atomic E-state index is -0.799. The smallest absolute Gasteiger partial charge is 0.315 e. The van der Waals surface area contributed by atoms with Crippen LogP contribution in [0.15, 0.2) is 17.5 Å². The molecule has 1 aromatic rings. The minimum absolute atomic E-state index is 0.00835. The van der Waals surface area contributed by atoms with Crippen LogP contribution in [0.5, 0.6) is 0 Å². The number of urea groups is 1. The van der Waals surface area contributed by atoms with E-state index in [1.807, 2.05) is 17.5 Å². The number of carbonyl (C=O) groups is 2. The van der Waals surface area contributed by atoms with Crippen molar-refractivity contribution in [1.29, 1.82) is 0 Å². The summed E-state index contributed by atoms with van der Waals surface area (Å²) in [5.74, 6) is -0.488. The molecule has 20 heavy (non-hydrogen) atoms. The maximum atomic E-state index is 11.8. The number of thiophene rings is 1. The number of aliphatic carboxylic acids is 1. The van der Waals surface area contributed by atoms with Crippen molar-refractivity contribution in [2.45, 2.75) is 39.2 Å². The first-order valence-electron chi connectivity index (χ1n) is 6.80. The van der Waals surface area contributed by atoms with Crippen LogP contribution in [-0.4, -0.2) is 23.7 Å². The number of carbonyl (C=O) groups excluding carboxylic acids is 1. The Hall–Kier alpha value is -1.56. The summed E-state index contributed by atoms with van der Waals surface area (Å²) in [6.07, 6.45) is 1.40. The van der Waals surface area contributed by atoms with Gasteiger partial charge in [-0.05, 0) is 30.2 Å².